The van der Waals surface area contributed by atoms with E-state index in [9.17, 15) is 5.11 Å². The van der Waals surface area contributed by atoms with E-state index in [2.05, 4.69) is 27.4 Å². The molecule has 128 valence electrons. The largest absolute Gasteiger partial charge is 0.467 e. The molecule has 6 heteroatoms. The number of nitrogens with one attached hydrogen (secondary N) is 2. The Balaban J connectivity index is 1.48. The summed E-state index contributed by atoms with van der Waals surface area (Å²) < 4.78 is 5.21. The Morgan fingerprint density at radius 1 is 1.39 bits per heavy atom. The lowest BCUT2D eigenvalue weighted by atomic mass is 10.1. The van der Waals surface area contributed by atoms with Gasteiger partial charge in [-0.25, -0.2) is 0 Å². The van der Waals surface area contributed by atoms with Crippen LogP contribution in [0.2, 0.25) is 0 Å². The van der Waals surface area contributed by atoms with Crippen LogP contribution in [0.15, 0.2) is 27.8 Å². The second kappa shape index (κ2) is 7.84. The molecule has 6 nitrogen and oxygen atoms in total. The summed E-state index contributed by atoms with van der Waals surface area (Å²) in [6.07, 6.45) is 5.94. The highest BCUT2D eigenvalue weighted by molar-refractivity contribution is 5.80. The van der Waals surface area contributed by atoms with E-state index in [-0.39, 0.29) is 0 Å². The van der Waals surface area contributed by atoms with Crippen molar-refractivity contribution in [3.05, 3.63) is 24.2 Å². The molecule has 3 N–H and O–H groups in total. The van der Waals surface area contributed by atoms with E-state index in [4.69, 9.17) is 4.42 Å². The zero-order valence-corrected chi connectivity index (χ0v) is 13.9. The van der Waals surface area contributed by atoms with Gasteiger partial charge in [0.1, 0.15) is 11.9 Å². The Morgan fingerprint density at radius 3 is 2.78 bits per heavy atom. The summed E-state index contributed by atoms with van der Waals surface area (Å²) in [4.78, 5) is 7.11. The summed E-state index contributed by atoms with van der Waals surface area (Å²) in [5.74, 6) is 1.34. The van der Waals surface area contributed by atoms with E-state index in [0.717, 1.165) is 31.4 Å². The second-order valence-electron chi connectivity index (χ2n) is 6.44. The Kier molecular flexibility index (Phi) is 5.56. The molecule has 0 aromatic carbocycles. The summed E-state index contributed by atoms with van der Waals surface area (Å²) in [6, 6.07) is 4.87. The van der Waals surface area contributed by atoms with Gasteiger partial charge in [0.15, 0.2) is 5.96 Å². The maximum atomic E-state index is 10.1. The number of hydrogen-bond donors (Lipinski definition) is 3. The van der Waals surface area contributed by atoms with Gasteiger partial charge in [-0.05, 0) is 44.7 Å². The maximum Gasteiger partial charge on any atom is 0.191 e. The van der Waals surface area contributed by atoms with Crippen molar-refractivity contribution in [3.8, 4) is 0 Å². The van der Waals surface area contributed by atoms with Crippen molar-refractivity contribution >= 4 is 5.96 Å². The van der Waals surface area contributed by atoms with Gasteiger partial charge in [0.2, 0.25) is 0 Å². The molecule has 3 rings (SSSR count). The SMILES string of the molecule is CCNC(=NCC(O)c1ccco1)NC1CCN(C2CC2)CC1. The van der Waals surface area contributed by atoms with Crippen LogP contribution in [0.5, 0.6) is 0 Å². The van der Waals surface area contributed by atoms with Crippen molar-refractivity contribution in [2.24, 2.45) is 4.99 Å². The lowest BCUT2D eigenvalue weighted by Crippen LogP contribution is -2.49. The van der Waals surface area contributed by atoms with Crippen LogP contribution in [0, 0.1) is 0 Å². The zero-order chi connectivity index (χ0) is 16.1. The fourth-order valence-corrected chi connectivity index (χ4v) is 3.11. The Labute approximate surface area is 138 Å². The molecular formula is C17H28N4O2. The zero-order valence-electron chi connectivity index (χ0n) is 13.9. The van der Waals surface area contributed by atoms with Crippen molar-refractivity contribution in [2.75, 3.05) is 26.2 Å². The molecule has 1 saturated carbocycles. The fraction of sp³-hybridized carbons (Fsp3) is 0.706. The van der Waals surface area contributed by atoms with Crippen molar-refractivity contribution in [1.82, 2.24) is 15.5 Å². The van der Waals surface area contributed by atoms with Gasteiger partial charge in [0.25, 0.3) is 0 Å². The Hall–Kier alpha value is -1.53. The van der Waals surface area contributed by atoms with Gasteiger partial charge in [-0.2, -0.15) is 0 Å². The Bertz CT molecular complexity index is 491. The summed E-state index contributed by atoms with van der Waals surface area (Å²) in [5, 5.41) is 16.8. The smallest absolute Gasteiger partial charge is 0.191 e. The Morgan fingerprint density at radius 2 is 2.17 bits per heavy atom. The summed E-state index contributed by atoms with van der Waals surface area (Å²) in [6.45, 7) is 5.51. The third-order valence-corrected chi connectivity index (χ3v) is 4.57. The van der Waals surface area contributed by atoms with Gasteiger partial charge in [-0.3, -0.25) is 4.99 Å². The molecule has 0 spiro atoms. The number of guanidine groups is 1. The minimum atomic E-state index is -0.697. The van der Waals surface area contributed by atoms with Crippen molar-refractivity contribution in [3.63, 3.8) is 0 Å². The fourth-order valence-electron chi connectivity index (χ4n) is 3.11. The average Bonchev–Trinajstić information content (AvgIpc) is 3.27. The molecule has 2 heterocycles. The highest BCUT2D eigenvalue weighted by atomic mass is 16.4. The molecule has 1 aromatic heterocycles. The molecule has 1 unspecified atom stereocenters. The first kappa shape index (κ1) is 16.3. The predicted molar refractivity (Wildman–Crippen MR) is 90.4 cm³/mol. The van der Waals surface area contributed by atoms with E-state index >= 15 is 0 Å². The summed E-state index contributed by atoms with van der Waals surface area (Å²) in [5.41, 5.74) is 0. The average molecular weight is 320 g/mol. The van der Waals surface area contributed by atoms with E-state index in [1.807, 2.05) is 0 Å². The number of aliphatic hydroxyl groups is 1. The molecule has 2 aliphatic rings. The standard InChI is InChI=1S/C17H28N4O2/c1-2-18-17(19-12-15(22)16-4-3-11-23-16)20-13-7-9-21(10-8-13)14-5-6-14/h3-4,11,13-15,22H,2,5-10,12H2,1H3,(H2,18,19,20). The van der Waals surface area contributed by atoms with Gasteiger partial charge in [0.05, 0.1) is 12.8 Å². The number of hydrogen-bond acceptors (Lipinski definition) is 4. The van der Waals surface area contributed by atoms with Crippen LogP contribution in [-0.4, -0.2) is 54.2 Å². The number of furan rings is 1. The van der Waals surface area contributed by atoms with Crippen LogP contribution < -0.4 is 10.6 Å². The molecular weight excluding hydrogens is 292 g/mol. The number of aliphatic imine (C=N–C) groups is 1. The molecule has 23 heavy (non-hydrogen) atoms. The number of likely N-dealkylation sites (tertiary alicyclic amines) is 1. The monoisotopic (exact) mass is 320 g/mol. The van der Waals surface area contributed by atoms with Gasteiger partial charge in [-0.1, -0.05) is 0 Å². The molecule has 0 radical (unpaired) electrons. The first-order valence-corrected chi connectivity index (χ1v) is 8.76. The van der Waals surface area contributed by atoms with Gasteiger partial charge >= 0.3 is 0 Å². The lowest BCUT2D eigenvalue weighted by molar-refractivity contribution is 0.158. The molecule has 1 aromatic rings. The van der Waals surface area contributed by atoms with Crippen molar-refractivity contribution < 1.29 is 9.52 Å². The molecule has 0 bridgehead atoms. The molecule has 1 saturated heterocycles. The summed E-state index contributed by atoms with van der Waals surface area (Å²) >= 11 is 0. The molecule has 2 fully saturated rings. The molecule has 0 amide bonds. The lowest BCUT2D eigenvalue weighted by Gasteiger charge is -2.33. The number of aliphatic hydroxyl groups excluding tert-OH is 1. The minimum Gasteiger partial charge on any atom is -0.467 e. The topological polar surface area (TPSA) is 73.0 Å². The third-order valence-electron chi connectivity index (χ3n) is 4.57. The van der Waals surface area contributed by atoms with E-state index in [0.29, 0.717) is 18.3 Å². The van der Waals surface area contributed by atoms with Crippen LogP contribution in [0.4, 0.5) is 0 Å². The van der Waals surface area contributed by atoms with Crippen LogP contribution in [-0.2, 0) is 0 Å². The number of piperidine rings is 1. The van der Waals surface area contributed by atoms with Crippen molar-refractivity contribution in [1.29, 1.82) is 0 Å². The molecule has 1 aliphatic heterocycles. The van der Waals surface area contributed by atoms with Gasteiger partial charge in [-0.15, -0.1) is 0 Å². The number of rotatable bonds is 6. The third kappa shape index (κ3) is 4.72. The highest BCUT2D eigenvalue weighted by Gasteiger charge is 2.31. The second-order valence-corrected chi connectivity index (χ2v) is 6.44. The quantitative estimate of drug-likeness (QED) is 0.547. The first-order valence-electron chi connectivity index (χ1n) is 8.76. The van der Waals surface area contributed by atoms with Crippen LogP contribution in [0.25, 0.3) is 0 Å². The van der Waals surface area contributed by atoms with Crippen LogP contribution in [0.1, 0.15) is 44.5 Å². The predicted octanol–water partition coefficient (Wildman–Crippen LogP) is 1.49. The first-order chi connectivity index (χ1) is 11.3. The maximum absolute atomic E-state index is 10.1. The van der Waals surface area contributed by atoms with Crippen LogP contribution >= 0.6 is 0 Å². The van der Waals surface area contributed by atoms with Crippen molar-refractivity contribution in [2.45, 2.75) is 50.8 Å². The molecule has 1 aliphatic carbocycles. The van der Waals surface area contributed by atoms with E-state index in [1.165, 1.54) is 25.9 Å². The van der Waals surface area contributed by atoms with Crippen LogP contribution in [0.3, 0.4) is 0 Å². The van der Waals surface area contributed by atoms with Gasteiger partial charge in [0, 0.05) is 31.7 Å². The number of nitrogens with zero attached hydrogens (tertiary/aromatic N) is 2. The normalized spacial score (nSPS) is 22.1. The highest BCUT2D eigenvalue weighted by Crippen LogP contribution is 2.29. The van der Waals surface area contributed by atoms with Gasteiger partial charge < -0.3 is 25.1 Å². The van der Waals surface area contributed by atoms with E-state index in [1.54, 1.807) is 18.4 Å². The summed E-state index contributed by atoms with van der Waals surface area (Å²) in [7, 11) is 0. The van der Waals surface area contributed by atoms with E-state index < -0.39 is 6.10 Å². The minimum absolute atomic E-state index is 0.295. The molecule has 1 atom stereocenters.